The molecule has 0 saturated heterocycles. The van der Waals surface area contributed by atoms with Crippen molar-refractivity contribution >= 4 is 17.6 Å². The molecule has 0 aliphatic carbocycles. The molecule has 2 rings (SSSR count). The predicted octanol–water partition coefficient (Wildman–Crippen LogP) is 3.24. The van der Waals surface area contributed by atoms with E-state index in [1.165, 1.54) is 36.5 Å². The van der Waals surface area contributed by atoms with Crippen LogP contribution < -0.4 is 0 Å². The number of pyridine rings is 1. The van der Waals surface area contributed by atoms with E-state index < -0.39 is 5.97 Å². The zero-order valence-corrected chi connectivity index (χ0v) is 9.28. The molecule has 0 radical (unpaired) electrons. The maximum atomic E-state index is 12.8. The summed E-state index contributed by atoms with van der Waals surface area (Å²) in [5.41, 5.74) is 1.02. The minimum Gasteiger partial charge on any atom is -0.478 e. The van der Waals surface area contributed by atoms with Crippen LogP contribution in [0.15, 0.2) is 36.5 Å². The highest BCUT2D eigenvalue weighted by molar-refractivity contribution is 6.29. The Morgan fingerprint density at radius 1 is 1.29 bits per heavy atom. The van der Waals surface area contributed by atoms with E-state index in [4.69, 9.17) is 16.7 Å². The van der Waals surface area contributed by atoms with Crippen molar-refractivity contribution in [3.05, 3.63) is 53.1 Å². The van der Waals surface area contributed by atoms with Crippen LogP contribution in [0.2, 0.25) is 5.15 Å². The van der Waals surface area contributed by atoms with Crippen LogP contribution in [0.1, 0.15) is 10.4 Å². The topological polar surface area (TPSA) is 50.2 Å². The smallest absolute Gasteiger partial charge is 0.336 e. The summed E-state index contributed by atoms with van der Waals surface area (Å²) in [6.07, 6.45) is 1.36. The van der Waals surface area contributed by atoms with Crippen molar-refractivity contribution in [2.24, 2.45) is 0 Å². The zero-order valence-electron chi connectivity index (χ0n) is 8.52. The van der Waals surface area contributed by atoms with Crippen molar-refractivity contribution in [2.75, 3.05) is 0 Å². The van der Waals surface area contributed by atoms with Gasteiger partial charge in [-0.05, 0) is 23.8 Å². The maximum Gasteiger partial charge on any atom is 0.336 e. The van der Waals surface area contributed by atoms with Crippen LogP contribution in [0.5, 0.6) is 0 Å². The van der Waals surface area contributed by atoms with Gasteiger partial charge in [0.05, 0.1) is 5.56 Å². The monoisotopic (exact) mass is 251 g/mol. The molecule has 0 spiro atoms. The molecule has 0 bridgehead atoms. The summed E-state index contributed by atoms with van der Waals surface area (Å²) in [5, 5.41) is 9.15. The molecular formula is C12H7ClFNO2. The molecule has 1 heterocycles. The predicted molar refractivity (Wildman–Crippen MR) is 61.6 cm³/mol. The molecule has 5 heteroatoms. The van der Waals surface area contributed by atoms with Crippen LogP contribution in [-0.4, -0.2) is 16.1 Å². The number of hydrogen-bond donors (Lipinski definition) is 1. The molecule has 0 aliphatic rings. The first-order valence-electron chi connectivity index (χ1n) is 4.72. The van der Waals surface area contributed by atoms with E-state index in [1.54, 1.807) is 0 Å². The summed E-state index contributed by atoms with van der Waals surface area (Å²) >= 11 is 5.64. The van der Waals surface area contributed by atoms with Gasteiger partial charge in [0.2, 0.25) is 0 Å². The van der Waals surface area contributed by atoms with Crippen molar-refractivity contribution in [2.45, 2.75) is 0 Å². The van der Waals surface area contributed by atoms with Gasteiger partial charge in [-0.1, -0.05) is 23.7 Å². The lowest BCUT2D eigenvalue weighted by atomic mass is 10.0. The van der Waals surface area contributed by atoms with Crippen LogP contribution >= 0.6 is 11.6 Å². The Morgan fingerprint density at radius 3 is 2.53 bits per heavy atom. The van der Waals surface area contributed by atoms with E-state index in [0.717, 1.165) is 0 Å². The first-order chi connectivity index (χ1) is 8.08. The lowest BCUT2D eigenvalue weighted by Gasteiger charge is -2.05. The highest BCUT2D eigenvalue weighted by atomic mass is 35.5. The van der Waals surface area contributed by atoms with Crippen LogP contribution in [-0.2, 0) is 0 Å². The number of halogens is 2. The second-order valence-electron chi connectivity index (χ2n) is 3.36. The summed E-state index contributed by atoms with van der Waals surface area (Å²) in [6.45, 7) is 0. The molecule has 0 amide bonds. The molecule has 1 aromatic heterocycles. The third kappa shape index (κ3) is 2.42. The molecule has 3 nitrogen and oxygen atoms in total. The van der Waals surface area contributed by atoms with Crippen molar-refractivity contribution < 1.29 is 14.3 Å². The minimum atomic E-state index is -1.10. The van der Waals surface area contributed by atoms with Crippen molar-refractivity contribution in [3.8, 4) is 11.1 Å². The van der Waals surface area contributed by atoms with Gasteiger partial charge in [0, 0.05) is 11.8 Å². The van der Waals surface area contributed by atoms with Crippen LogP contribution in [0.3, 0.4) is 0 Å². The highest BCUT2D eigenvalue weighted by Gasteiger charge is 2.13. The summed E-state index contributed by atoms with van der Waals surface area (Å²) in [5.74, 6) is -1.49. The molecule has 0 saturated carbocycles. The number of benzene rings is 1. The Hall–Kier alpha value is -1.94. The molecule has 17 heavy (non-hydrogen) atoms. The van der Waals surface area contributed by atoms with E-state index in [0.29, 0.717) is 11.1 Å². The fourth-order valence-electron chi connectivity index (χ4n) is 1.47. The summed E-state index contributed by atoms with van der Waals surface area (Å²) in [7, 11) is 0. The molecule has 86 valence electrons. The quantitative estimate of drug-likeness (QED) is 0.834. The van der Waals surface area contributed by atoms with E-state index in [9.17, 15) is 9.18 Å². The molecule has 1 N–H and O–H groups in total. The molecule has 0 aliphatic heterocycles. The molecule has 1 aromatic carbocycles. The number of aromatic nitrogens is 1. The average Bonchev–Trinajstić information content (AvgIpc) is 2.30. The number of rotatable bonds is 2. The van der Waals surface area contributed by atoms with Gasteiger partial charge >= 0.3 is 5.97 Å². The summed E-state index contributed by atoms with van der Waals surface area (Å²) in [4.78, 5) is 14.9. The van der Waals surface area contributed by atoms with Gasteiger partial charge in [-0.3, -0.25) is 0 Å². The average molecular weight is 252 g/mol. The Labute approximate surface area is 101 Å². The van der Waals surface area contributed by atoms with Crippen LogP contribution in [0.25, 0.3) is 11.1 Å². The number of hydrogen-bond acceptors (Lipinski definition) is 2. The number of carbonyl (C=O) groups is 1. The highest BCUT2D eigenvalue weighted by Crippen LogP contribution is 2.25. The number of carboxylic acid groups (broad SMARTS) is 1. The Bertz CT molecular complexity index is 569. The fourth-order valence-corrected chi connectivity index (χ4v) is 1.62. The van der Waals surface area contributed by atoms with Crippen molar-refractivity contribution in [1.82, 2.24) is 4.98 Å². The van der Waals surface area contributed by atoms with Gasteiger partial charge in [-0.25, -0.2) is 14.2 Å². The fraction of sp³-hybridized carbons (Fsp3) is 0. The van der Waals surface area contributed by atoms with E-state index >= 15 is 0 Å². The van der Waals surface area contributed by atoms with E-state index in [1.807, 2.05) is 0 Å². The number of aromatic carboxylic acids is 1. The number of nitrogens with zero attached hydrogens (tertiary/aromatic N) is 1. The third-order valence-corrected chi connectivity index (χ3v) is 2.46. The molecular weight excluding hydrogens is 245 g/mol. The number of carboxylic acids is 1. The first-order valence-corrected chi connectivity index (χ1v) is 5.10. The molecule has 2 aromatic rings. The van der Waals surface area contributed by atoms with Gasteiger partial charge in [-0.2, -0.15) is 0 Å². The zero-order chi connectivity index (χ0) is 12.4. The minimum absolute atomic E-state index is 0.0385. The normalized spacial score (nSPS) is 10.2. The van der Waals surface area contributed by atoms with Gasteiger partial charge < -0.3 is 5.11 Å². The second-order valence-corrected chi connectivity index (χ2v) is 3.75. The van der Waals surface area contributed by atoms with Gasteiger partial charge in [0.25, 0.3) is 0 Å². The Balaban J connectivity index is 2.58. The van der Waals surface area contributed by atoms with E-state index in [-0.39, 0.29) is 16.5 Å². The van der Waals surface area contributed by atoms with Crippen molar-refractivity contribution in [1.29, 1.82) is 0 Å². The van der Waals surface area contributed by atoms with E-state index in [2.05, 4.69) is 4.98 Å². The summed E-state index contributed by atoms with van der Waals surface area (Å²) in [6, 6.07) is 6.77. The second kappa shape index (κ2) is 4.51. The molecule has 0 atom stereocenters. The standard InChI is InChI=1S/C12H7ClFNO2/c13-11-5-9(12(16)17)10(6-15-11)7-1-3-8(14)4-2-7/h1-6H,(H,16,17). The SMILES string of the molecule is O=C(O)c1cc(Cl)ncc1-c1ccc(F)cc1. The van der Waals surface area contributed by atoms with Crippen LogP contribution in [0.4, 0.5) is 4.39 Å². The molecule has 0 unspecified atom stereocenters. The Kier molecular flexibility index (Phi) is 3.06. The Morgan fingerprint density at radius 2 is 1.94 bits per heavy atom. The summed E-state index contributed by atoms with van der Waals surface area (Å²) < 4.78 is 12.8. The van der Waals surface area contributed by atoms with Gasteiger partial charge in [0.1, 0.15) is 11.0 Å². The maximum absolute atomic E-state index is 12.8. The lowest BCUT2D eigenvalue weighted by molar-refractivity contribution is 0.0697. The lowest BCUT2D eigenvalue weighted by Crippen LogP contribution is -2.00. The van der Waals surface area contributed by atoms with Gasteiger partial charge in [0.15, 0.2) is 0 Å². The first kappa shape index (κ1) is 11.5. The van der Waals surface area contributed by atoms with Gasteiger partial charge in [-0.15, -0.1) is 0 Å². The van der Waals surface area contributed by atoms with Crippen molar-refractivity contribution in [3.63, 3.8) is 0 Å². The molecule has 0 fully saturated rings. The van der Waals surface area contributed by atoms with Crippen LogP contribution in [0, 0.1) is 5.82 Å². The largest absolute Gasteiger partial charge is 0.478 e. The third-order valence-electron chi connectivity index (χ3n) is 2.26.